The van der Waals surface area contributed by atoms with Crippen molar-refractivity contribution in [2.45, 2.75) is 0 Å². The number of fused-ring (bicyclic) bond motifs is 9. The quantitative estimate of drug-likeness (QED) is 0.187. The molecule has 0 saturated heterocycles. The highest BCUT2D eigenvalue weighted by atomic mass is 16.3. The highest BCUT2D eigenvalue weighted by Crippen LogP contribution is 2.39. The summed E-state index contributed by atoms with van der Waals surface area (Å²) in [5.41, 5.74) is 4.54. The van der Waals surface area contributed by atoms with Gasteiger partial charge in [0.2, 0.25) is 0 Å². The highest BCUT2D eigenvalue weighted by molar-refractivity contribution is 6.70. The molecule has 0 aliphatic rings. The van der Waals surface area contributed by atoms with Gasteiger partial charge in [-0.15, -0.1) is 32.8 Å². The van der Waals surface area contributed by atoms with Gasteiger partial charge in [-0.2, -0.15) is 0 Å². The summed E-state index contributed by atoms with van der Waals surface area (Å²) in [5, 5.41) is 8.92. The lowest BCUT2D eigenvalue weighted by Crippen LogP contribution is -2.55. The Labute approximate surface area is 353 Å². The van der Waals surface area contributed by atoms with Crippen LogP contribution in [0.15, 0.2) is 108 Å². The molecule has 2 heterocycles. The van der Waals surface area contributed by atoms with Crippen molar-refractivity contribution in [1.82, 2.24) is 15.0 Å². The Kier molecular flexibility index (Phi) is 8.72. The lowest BCUT2D eigenvalue weighted by Gasteiger charge is -2.22. The van der Waals surface area contributed by atoms with Crippen LogP contribution in [0.5, 0.6) is 0 Å². The molecule has 0 saturated carbocycles. The molecule has 0 fully saturated rings. The van der Waals surface area contributed by atoms with E-state index < -0.39 is 0 Å². The minimum Gasteiger partial charge on any atom is -0.456 e. The van der Waals surface area contributed by atoms with Gasteiger partial charge in [0.15, 0.2) is 17.5 Å². The van der Waals surface area contributed by atoms with Gasteiger partial charge in [0.05, 0.1) is 0 Å². The number of rotatable bonds is 4. The van der Waals surface area contributed by atoms with E-state index in [2.05, 4.69) is 78.9 Å². The third-order valence-electron chi connectivity index (χ3n) is 11.3. The van der Waals surface area contributed by atoms with Crippen molar-refractivity contribution in [2.75, 3.05) is 0 Å². The summed E-state index contributed by atoms with van der Waals surface area (Å²) in [6.07, 6.45) is 0. The minimum absolute atomic E-state index is 0.0159. The van der Waals surface area contributed by atoms with E-state index in [9.17, 15) is 0 Å². The van der Waals surface area contributed by atoms with E-state index in [-0.39, 0.29) is 83.2 Å². The summed E-state index contributed by atoms with van der Waals surface area (Å²) >= 11 is 0. The average molecular weight is 724 g/mol. The number of nitrogens with zero attached hydrogens (tertiary/aromatic N) is 3. The predicted octanol–water partition coefficient (Wildman–Crippen LogP) is -0.163. The first kappa shape index (κ1) is 37.3. The summed E-state index contributed by atoms with van der Waals surface area (Å²) in [4.78, 5) is 14.4. The smallest absolute Gasteiger partial charge is 0.164 e. The Hall–Kier alpha value is -6.00. The van der Waals surface area contributed by atoms with Gasteiger partial charge in [0.1, 0.15) is 89.6 Å². The predicted molar refractivity (Wildman–Crippen MR) is 255 cm³/mol. The van der Waals surface area contributed by atoms with Crippen LogP contribution in [0.1, 0.15) is 0 Å². The molecule has 0 spiro atoms. The van der Waals surface area contributed by atoms with Crippen LogP contribution in [-0.2, 0) is 0 Å². The van der Waals surface area contributed by atoms with Crippen LogP contribution in [-0.4, -0.2) is 93.4 Å². The second-order valence-electron chi connectivity index (χ2n) is 14.6. The van der Waals surface area contributed by atoms with Crippen LogP contribution < -0.4 is 54.6 Å². The second kappa shape index (κ2) is 13.8. The van der Waals surface area contributed by atoms with Crippen molar-refractivity contribution in [1.29, 1.82) is 0 Å². The van der Waals surface area contributed by atoms with Gasteiger partial charge >= 0.3 is 0 Å². The van der Waals surface area contributed by atoms with Crippen molar-refractivity contribution in [3.05, 3.63) is 103 Å². The molecule has 2 aromatic heterocycles. The minimum atomic E-state index is 0.0159. The maximum absolute atomic E-state index is 6.50. The zero-order valence-corrected chi connectivity index (χ0v) is 31.3. The van der Waals surface area contributed by atoms with Gasteiger partial charge in [-0.05, 0) is 79.8 Å². The Morgan fingerprint density at radius 3 is 1.07 bits per heavy atom. The molecular weight excluding hydrogens is 707 g/mol. The van der Waals surface area contributed by atoms with Crippen LogP contribution in [0.25, 0.3) is 99.5 Å². The van der Waals surface area contributed by atoms with Crippen LogP contribution in [0.4, 0.5) is 0 Å². The van der Waals surface area contributed by atoms with Crippen molar-refractivity contribution in [3.8, 4) is 45.3 Å². The number of hydrogen-bond acceptors (Lipinski definition) is 4. The fourth-order valence-corrected chi connectivity index (χ4v) is 8.09. The van der Waals surface area contributed by atoms with Crippen molar-refractivity contribution in [3.63, 3.8) is 0 Å². The number of benzene rings is 8. The van der Waals surface area contributed by atoms with Gasteiger partial charge in [0, 0.05) is 27.5 Å². The van der Waals surface area contributed by atoms with Gasteiger partial charge in [-0.1, -0.05) is 88.6 Å². The summed E-state index contributed by atoms with van der Waals surface area (Å²) < 4.78 is 6.34. The first-order valence-corrected chi connectivity index (χ1v) is 18.5. The van der Waals surface area contributed by atoms with Crippen molar-refractivity contribution in [2.24, 2.45) is 0 Å². The molecule has 0 N–H and O–H groups in total. The average Bonchev–Trinajstić information content (AvgIpc) is 3.63. The molecule has 0 amide bonds. The number of aromatic nitrogens is 3. The summed E-state index contributed by atoms with van der Waals surface area (Å²) in [5.74, 6) is 0.232. The van der Waals surface area contributed by atoms with Crippen LogP contribution >= 0.6 is 0 Å². The molecule has 4 nitrogen and oxygen atoms in total. The third-order valence-corrected chi connectivity index (χ3v) is 11.3. The molecule has 14 heteroatoms. The molecular formula is C45H17B10N3O. The van der Waals surface area contributed by atoms with Crippen LogP contribution in [0.2, 0.25) is 0 Å². The Balaban J connectivity index is 1.17. The van der Waals surface area contributed by atoms with E-state index in [4.69, 9.17) is 97.8 Å². The first-order valence-electron chi connectivity index (χ1n) is 18.5. The third kappa shape index (κ3) is 5.70. The monoisotopic (exact) mass is 725 g/mol. The standard InChI is InChI=1S/C45H17B10N3O/c46-33-31(34(47)38(51)41(54)37(33)50)44-56-43(57-45(58-44)32-35(48)39(52)42(55)40(53)36(32)49)20-11-14-30-28(17-20)27-16-19(10-13-29(27)59-30)18-9-12-25-23-7-2-1-5-21(23)22-6-3-4-8-24(22)26(25)15-18/h1-17H. The van der Waals surface area contributed by atoms with E-state index in [0.717, 1.165) is 21.9 Å². The Morgan fingerprint density at radius 1 is 0.288 bits per heavy atom. The van der Waals surface area contributed by atoms with E-state index in [1.165, 1.54) is 32.3 Å². The molecule has 10 aromatic rings. The van der Waals surface area contributed by atoms with Gasteiger partial charge in [-0.25, -0.2) is 15.0 Å². The molecule has 0 unspecified atom stereocenters. The topological polar surface area (TPSA) is 51.8 Å². The summed E-state index contributed by atoms with van der Waals surface area (Å²) in [6, 6.07) is 35.5. The molecule has 0 atom stereocenters. The SMILES string of the molecule is [B]c1c([B])c([B])c(-c2nc(-c3ccc4oc5ccc(-c6ccc7c8ccccc8c8ccccc8c7c6)cc5c4c3)nc(-c3c([B])c([B])c([B])c([B])c3[B])n2)c([B])c1[B]. The molecule has 10 rings (SSSR count). The molecule has 248 valence electrons. The van der Waals surface area contributed by atoms with Crippen molar-refractivity contribution >= 4 is 187 Å². The number of furan rings is 1. The van der Waals surface area contributed by atoms with E-state index in [1.54, 1.807) is 0 Å². The molecule has 0 bridgehead atoms. The van der Waals surface area contributed by atoms with E-state index >= 15 is 0 Å². The lowest BCUT2D eigenvalue weighted by molar-refractivity contribution is 0.669. The lowest BCUT2D eigenvalue weighted by atomic mass is 9.60. The number of hydrogen-bond donors (Lipinski definition) is 0. The Morgan fingerprint density at radius 2 is 0.610 bits per heavy atom. The fourth-order valence-electron chi connectivity index (χ4n) is 8.09. The zero-order chi connectivity index (χ0) is 41.0. The first-order chi connectivity index (χ1) is 28.4. The molecule has 8 aromatic carbocycles. The largest absolute Gasteiger partial charge is 0.456 e. The molecule has 0 aliphatic heterocycles. The zero-order valence-electron chi connectivity index (χ0n) is 31.3. The van der Waals surface area contributed by atoms with Crippen molar-refractivity contribution < 1.29 is 4.42 Å². The normalized spacial score (nSPS) is 11.7. The van der Waals surface area contributed by atoms with Gasteiger partial charge < -0.3 is 4.42 Å². The Bertz CT molecular complexity index is 3300. The van der Waals surface area contributed by atoms with Crippen LogP contribution in [0.3, 0.4) is 0 Å². The fraction of sp³-hybridized carbons (Fsp3) is 0. The molecule has 59 heavy (non-hydrogen) atoms. The summed E-state index contributed by atoms with van der Waals surface area (Å²) in [7, 11) is 63.3. The maximum Gasteiger partial charge on any atom is 0.164 e. The van der Waals surface area contributed by atoms with Gasteiger partial charge in [0.25, 0.3) is 0 Å². The van der Waals surface area contributed by atoms with E-state index in [1.807, 2.05) is 24.3 Å². The maximum atomic E-state index is 6.50. The molecule has 20 radical (unpaired) electrons. The second-order valence-corrected chi connectivity index (χ2v) is 14.6. The highest BCUT2D eigenvalue weighted by Gasteiger charge is 2.22. The summed E-state index contributed by atoms with van der Waals surface area (Å²) in [6.45, 7) is 0. The van der Waals surface area contributed by atoms with Gasteiger partial charge in [-0.3, -0.25) is 0 Å². The van der Waals surface area contributed by atoms with E-state index in [0.29, 0.717) is 16.7 Å². The van der Waals surface area contributed by atoms with Crippen LogP contribution in [0, 0.1) is 0 Å². The molecule has 0 aliphatic carbocycles.